The van der Waals surface area contributed by atoms with Crippen molar-refractivity contribution < 1.29 is 22.9 Å². The van der Waals surface area contributed by atoms with E-state index in [-0.39, 0.29) is 18.3 Å². The molecule has 3 heterocycles. The zero-order valence-corrected chi connectivity index (χ0v) is 15.0. The number of hydrogen-bond donors (Lipinski definition) is 1. The number of benzene rings is 1. The second-order valence-electron chi connectivity index (χ2n) is 6.04. The van der Waals surface area contributed by atoms with E-state index in [1.165, 1.54) is 0 Å². The highest BCUT2D eigenvalue weighted by Gasteiger charge is 2.21. The van der Waals surface area contributed by atoms with Crippen LogP contribution in [0.25, 0.3) is 22.6 Å². The summed E-state index contributed by atoms with van der Waals surface area (Å²) in [5, 5.41) is 7.43. The van der Waals surface area contributed by atoms with Gasteiger partial charge >= 0.3 is 11.8 Å². The lowest BCUT2D eigenvalue weighted by molar-refractivity contribution is 0.0904. The number of methoxy groups -OCH3 is 1. The second-order valence-corrected chi connectivity index (χ2v) is 6.04. The van der Waals surface area contributed by atoms with Crippen LogP contribution in [0.1, 0.15) is 27.8 Å². The molecule has 1 N–H and O–H groups in total. The molecule has 0 unspecified atom stereocenters. The molecule has 27 heavy (non-hydrogen) atoms. The number of ether oxygens (including phenoxy) is 1. The average molecular weight is 367 g/mol. The van der Waals surface area contributed by atoms with E-state index in [1.54, 1.807) is 19.2 Å². The molecule has 0 spiro atoms. The van der Waals surface area contributed by atoms with Crippen molar-refractivity contribution in [1.29, 1.82) is 0 Å². The number of nitrogens with one attached hydrogen (secondary N) is 1. The highest BCUT2D eigenvalue weighted by Crippen LogP contribution is 2.33. The van der Waals surface area contributed by atoms with Gasteiger partial charge in [0.15, 0.2) is 5.76 Å². The average Bonchev–Trinajstić information content (AvgIpc) is 3.39. The third kappa shape index (κ3) is 3.17. The lowest BCUT2D eigenvalue weighted by Gasteiger charge is -1.98. The minimum absolute atomic E-state index is 0.147. The lowest BCUT2D eigenvalue weighted by Crippen LogP contribution is -2.22. The van der Waals surface area contributed by atoms with Gasteiger partial charge in [0, 0.05) is 10.9 Å². The van der Waals surface area contributed by atoms with E-state index < -0.39 is 5.91 Å². The molecule has 0 saturated heterocycles. The van der Waals surface area contributed by atoms with E-state index in [9.17, 15) is 4.79 Å². The number of carbonyl (C=O) groups is 1. The maximum Gasteiger partial charge on any atom is 0.316 e. The van der Waals surface area contributed by atoms with E-state index in [4.69, 9.17) is 18.1 Å². The van der Waals surface area contributed by atoms with Crippen LogP contribution in [0.3, 0.4) is 0 Å². The fourth-order valence-corrected chi connectivity index (χ4v) is 2.77. The van der Waals surface area contributed by atoms with Crippen LogP contribution in [0, 0.1) is 13.8 Å². The fourth-order valence-electron chi connectivity index (χ4n) is 2.77. The lowest BCUT2D eigenvalue weighted by atomic mass is 10.1. The van der Waals surface area contributed by atoms with Gasteiger partial charge in [-0.25, -0.2) is 0 Å². The van der Waals surface area contributed by atoms with Gasteiger partial charge in [0.05, 0.1) is 13.7 Å². The summed E-state index contributed by atoms with van der Waals surface area (Å²) in [6, 6.07) is 9.10. The molecule has 0 aliphatic heterocycles. The summed E-state index contributed by atoms with van der Waals surface area (Å²) in [5.74, 6) is 2.16. The molecule has 0 aliphatic rings. The van der Waals surface area contributed by atoms with Gasteiger partial charge in [-0.1, -0.05) is 5.16 Å². The van der Waals surface area contributed by atoms with E-state index in [0.29, 0.717) is 17.1 Å². The number of carbonyl (C=O) groups excluding carboxylic acids is 1. The Bertz CT molecular complexity index is 1120. The first-order chi connectivity index (χ1) is 13.0. The van der Waals surface area contributed by atoms with Crippen LogP contribution in [0.5, 0.6) is 5.75 Å². The molecule has 3 aromatic heterocycles. The number of fused-ring (bicyclic) bond motifs is 1. The van der Waals surface area contributed by atoms with Crippen LogP contribution < -0.4 is 10.1 Å². The van der Waals surface area contributed by atoms with Crippen molar-refractivity contribution in [3.8, 4) is 17.3 Å². The molecule has 1 amide bonds. The zero-order valence-electron chi connectivity index (χ0n) is 15.0. The first-order valence-electron chi connectivity index (χ1n) is 8.30. The SMILES string of the molecule is COc1ccc2oc(-c3noc(C(=O)NCc4ccc(C)o4)n3)c(C)c2c1. The Morgan fingerprint density at radius 3 is 2.78 bits per heavy atom. The molecule has 0 fully saturated rings. The standard InChI is InChI=1S/C19H17N3O5/c1-10-4-5-13(25-10)9-20-18(23)19-21-17(22-27-19)16-11(2)14-8-12(24-3)6-7-15(14)26-16/h4-8H,9H2,1-3H3,(H,20,23). The van der Waals surface area contributed by atoms with Gasteiger partial charge in [-0.3, -0.25) is 4.79 Å². The van der Waals surface area contributed by atoms with Gasteiger partial charge < -0.3 is 23.4 Å². The summed E-state index contributed by atoms with van der Waals surface area (Å²) < 4.78 is 21.6. The zero-order chi connectivity index (χ0) is 19.0. The third-order valence-electron chi connectivity index (χ3n) is 4.19. The molecule has 4 rings (SSSR count). The molecule has 0 saturated carbocycles. The fraction of sp³-hybridized carbons (Fsp3) is 0.211. The molecule has 138 valence electrons. The Balaban J connectivity index is 1.56. The van der Waals surface area contributed by atoms with Gasteiger partial charge in [0.2, 0.25) is 5.82 Å². The first-order valence-corrected chi connectivity index (χ1v) is 8.30. The predicted octanol–water partition coefficient (Wildman–Crippen LogP) is 3.63. The van der Waals surface area contributed by atoms with Gasteiger partial charge in [0.25, 0.3) is 0 Å². The van der Waals surface area contributed by atoms with E-state index in [0.717, 1.165) is 22.5 Å². The maximum absolute atomic E-state index is 12.2. The number of aryl methyl sites for hydroxylation is 2. The largest absolute Gasteiger partial charge is 0.497 e. The minimum atomic E-state index is -0.488. The molecule has 4 aromatic rings. The number of aromatic nitrogens is 2. The van der Waals surface area contributed by atoms with Crippen molar-refractivity contribution in [1.82, 2.24) is 15.5 Å². The number of rotatable bonds is 5. The highest BCUT2D eigenvalue weighted by atomic mass is 16.5. The molecule has 0 bridgehead atoms. The van der Waals surface area contributed by atoms with Crippen LogP contribution in [0.15, 0.2) is 43.7 Å². The Labute approximate surface area is 154 Å². The van der Waals surface area contributed by atoms with Crippen molar-refractivity contribution in [3.05, 3.63) is 53.3 Å². The van der Waals surface area contributed by atoms with Crippen molar-refractivity contribution in [2.24, 2.45) is 0 Å². The van der Waals surface area contributed by atoms with Crippen LogP contribution >= 0.6 is 0 Å². The molecular weight excluding hydrogens is 350 g/mol. The van der Waals surface area contributed by atoms with Crippen molar-refractivity contribution >= 4 is 16.9 Å². The topological polar surface area (TPSA) is 104 Å². The molecule has 0 radical (unpaired) electrons. The number of furan rings is 2. The van der Waals surface area contributed by atoms with Crippen LogP contribution in [0.2, 0.25) is 0 Å². The predicted molar refractivity (Wildman–Crippen MR) is 95.4 cm³/mol. The van der Waals surface area contributed by atoms with Gasteiger partial charge in [-0.2, -0.15) is 4.98 Å². The second kappa shape index (κ2) is 6.64. The number of amides is 1. The molecule has 0 atom stereocenters. The Hall–Kier alpha value is -3.55. The summed E-state index contributed by atoms with van der Waals surface area (Å²) in [4.78, 5) is 16.4. The molecule has 0 aliphatic carbocycles. The van der Waals surface area contributed by atoms with E-state index in [1.807, 2.05) is 32.0 Å². The first kappa shape index (κ1) is 16.9. The number of nitrogens with zero attached hydrogens (tertiary/aromatic N) is 2. The molecular formula is C19H17N3O5. The van der Waals surface area contributed by atoms with Crippen molar-refractivity contribution in [2.45, 2.75) is 20.4 Å². The van der Waals surface area contributed by atoms with Crippen LogP contribution in [0.4, 0.5) is 0 Å². The summed E-state index contributed by atoms with van der Waals surface area (Å²) in [6.45, 7) is 3.95. The highest BCUT2D eigenvalue weighted by molar-refractivity contribution is 5.91. The van der Waals surface area contributed by atoms with Crippen molar-refractivity contribution in [3.63, 3.8) is 0 Å². The van der Waals surface area contributed by atoms with Crippen LogP contribution in [-0.2, 0) is 6.54 Å². The quantitative estimate of drug-likeness (QED) is 0.574. The van der Waals surface area contributed by atoms with Crippen LogP contribution in [-0.4, -0.2) is 23.2 Å². The van der Waals surface area contributed by atoms with E-state index >= 15 is 0 Å². The summed E-state index contributed by atoms with van der Waals surface area (Å²) in [6.07, 6.45) is 0. The maximum atomic E-state index is 12.2. The summed E-state index contributed by atoms with van der Waals surface area (Å²) >= 11 is 0. The molecule has 8 nitrogen and oxygen atoms in total. The van der Waals surface area contributed by atoms with Gasteiger partial charge in [-0.05, 0) is 44.2 Å². The third-order valence-corrected chi connectivity index (χ3v) is 4.19. The number of hydrogen-bond acceptors (Lipinski definition) is 7. The minimum Gasteiger partial charge on any atom is -0.497 e. The Morgan fingerprint density at radius 2 is 2.04 bits per heavy atom. The monoisotopic (exact) mass is 367 g/mol. The van der Waals surface area contributed by atoms with E-state index in [2.05, 4.69) is 15.5 Å². The Morgan fingerprint density at radius 1 is 1.19 bits per heavy atom. The van der Waals surface area contributed by atoms with Gasteiger partial charge in [0.1, 0.15) is 22.9 Å². The van der Waals surface area contributed by atoms with Gasteiger partial charge in [-0.15, -0.1) is 0 Å². The molecule has 8 heteroatoms. The molecule has 1 aromatic carbocycles. The summed E-state index contributed by atoms with van der Waals surface area (Å²) in [5.41, 5.74) is 1.51. The summed E-state index contributed by atoms with van der Waals surface area (Å²) in [7, 11) is 1.60. The van der Waals surface area contributed by atoms with Crippen molar-refractivity contribution in [2.75, 3.05) is 7.11 Å². The smallest absolute Gasteiger partial charge is 0.316 e. The normalized spacial score (nSPS) is 11.1. The Kier molecular flexibility index (Phi) is 4.15.